The standard InChI is InChI=1S/C25H24N4O5S/c1-32-19-9-10-21(22(14-19)33-2)28-23(30)16-35-25-26-11-12-29(25)18-7-5-17(6-8-18)24(31)27-15-20-4-3-13-34-20/h3-14H,15-16H2,1-2H3,(H,27,31)(H,28,30). The number of amides is 2. The van der Waals surface area contributed by atoms with Crippen LogP contribution in [0.15, 0.2) is 82.8 Å². The normalized spacial score (nSPS) is 10.6. The van der Waals surface area contributed by atoms with Gasteiger partial charge in [-0.05, 0) is 48.5 Å². The van der Waals surface area contributed by atoms with Crippen LogP contribution < -0.4 is 20.1 Å². The molecule has 0 aliphatic carbocycles. The fraction of sp³-hybridized carbons (Fsp3) is 0.160. The number of hydrogen-bond donors (Lipinski definition) is 2. The Morgan fingerprint density at radius 2 is 1.91 bits per heavy atom. The molecule has 0 spiro atoms. The fourth-order valence-corrected chi connectivity index (χ4v) is 4.04. The van der Waals surface area contributed by atoms with Crippen molar-refractivity contribution in [2.24, 2.45) is 0 Å². The maximum Gasteiger partial charge on any atom is 0.251 e. The van der Waals surface area contributed by atoms with E-state index in [9.17, 15) is 9.59 Å². The van der Waals surface area contributed by atoms with Crippen molar-refractivity contribution in [2.75, 3.05) is 25.3 Å². The number of thioether (sulfide) groups is 1. The van der Waals surface area contributed by atoms with E-state index in [0.29, 0.717) is 40.2 Å². The van der Waals surface area contributed by atoms with Gasteiger partial charge in [0.25, 0.3) is 5.91 Å². The minimum atomic E-state index is -0.198. The van der Waals surface area contributed by atoms with E-state index in [1.807, 2.05) is 16.7 Å². The topological polar surface area (TPSA) is 108 Å². The van der Waals surface area contributed by atoms with E-state index in [0.717, 1.165) is 5.69 Å². The Balaban J connectivity index is 1.35. The first-order valence-electron chi connectivity index (χ1n) is 10.7. The van der Waals surface area contributed by atoms with Gasteiger partial charge in [0.2, 0.25) is 5.91 Å². The summed E-state index contributed by atoms with van der Waals surface area (Å²) in [6, 6.07) is 15.9. The van der Waals surface area contributed by atoms with Crippen molar-refractivity contribution in [1.29, 1.82) is 0 Å². The number of ether oxygens (including phenoxy) is 2. The van der Waals surface area contributed by atoms with E-state index in [1.165, 1.54) is 18.9 Å². The van der Waals surface area contributed by atoms with Gasteiger partial charge >= 0.3 is 0 Å². The summed E-state index contributed by atoms with van der Waals surface area (Å²) < 4.78 is 17.6. The summed E-state index contributed by atoms with van der Waals surface area (Å²) in [5.41, 5.74) is 1.91. The third-order valence-corrected chi connectivity index (χ3v) is 6.00. The van der Waals surface area contributed by atoms with Crippen molar-refractivity contribution < 1.29 is 23.5 Å². The molecular formula is C25H24N4O5S. The molecule has 0 saturated carbocycles. The molecule has 0 aliphatic rings. The predicted octanol–water partition coefficient (Wildman–Crippen LogP) is 4.14. The molecule has 2 N–H and O–H groups in total. The summed E-state index contributed by atoms with van der Waals surface area (Å²) in [6.07, 6.45) is 5.03. The second-order valence-electron chi connectivity index (χ2n) is 7.29. The summed E-state index contributed by atoms with van der Waals surface area (Å²) in [5.74, 6) is 1.59. The highest BCUT2D eigenvalue weighted by atomic mass is 32.2. The minimum absolute atomic E-state index is 0.152. The SMILES string of the molecule is COc1ccc(NC(=O)CSc2nccn2-c2ccc(C(=O)NCc3ccco3)cc2)c(OC)c1. The molecule has 4 aromatic rings. The third-order valence-electron chi connectivity index (χ3n) is 5.03. The molecule has 4 rings (SSSR count). The van der Waals surface area contributed by atoms with Crippen molar-refractivity contribution in [3.05, 3.63) is 84.6 Å². The van der Waals surface area contributed by atoms with Crippen LogP contribution in [0.5, 0.6) is 11.5 Å². The van der Waals surface area contributed by atoms with Crippen molar-refractivity contribution in [3.63, 3.8) is 0 Å². The number of furan rings is 1. The Bertz CT molecular complexity index is 1290. The number of carbonyl (C=O) groups excluding carboxylic acids is 2. The van der Waals surface area contributed by atoms with E-state index in [-0.39, 0.29) is 17.6 Å². The number of carbonyl (C=O) groups is 2. The van der Waals surface area contributed by atoms with Crippen LogP contribution in [0, 0.1) is 0 Å². The zero-order chi connectivity index (χ0) is 24.6. The van der Waals surface area contributed by atoms with Crippen LogP contribution in [0.4, 0.5) is 5.69 Å². The molecule has 2 amide bonds. The highest BCUT2D eigenvalue weighted by molar-refractivity contribution is 7.99. The molecule has 35 heavy (non-hydrogen) atoms. The summed E-state index contributed by atoms with van der Waals surface area (Å²) in [4.78, 5) is 29.3. The summed E-state index contributed by atoms with van der Waals surface area (Å²) in [5, 5.41) is 6.32. The lowest BCUT2D eigenvalue weighted by Crippen LogP contribution is -2.22. The highest BCUT2D eigenvalue weighted by Crippen LogP contribution is 2.29. The molecule has 10 heteroatoms. The Labute approximate surface area is 206 Å². The molecule has 0 aliphatic heterocycles. The Hall–Kier alpha value is -4.18. The van der Waals surface area contributed by atoms with E-state index < -0.39 is 0 Å². The zero-order valence-corrected chi connectivity index (χ0v) is 20.0. The zero-order valence-electron chi connectivity index (χ0n) is 19.2. The van der Waals surface area contributed by atoms with Gasteiger partial charge in [-0.1, -0.05) is 11.8 Å². The monoisotopic (exact) mass is 492 g/mol. The number of imidazole rings is 1. The molecule has 2 heterocycles. The number of anilines is 1. The average Bonchev–Trinajstić information content (AvgIpc) is 3.58. The molecule has 0 fully saturated rings. The maximum absolute atomic E-state index is 12.5. The van der Waals surface area contributed by atoms with Crippen LogP contribution in [0.3, 0.4) is 0 Å². The summed E-state index contributed by atoms with van der Waals surface area (Å²) >= 11 is 1.30. The van der Waals surface area contributed by atoms with Crippen LogP contribution >= 0.6 is 11.8 Å². The number of aromatic nitrogens is 2. The first-order chi connectivity index (χ1) is 17.1. The maximum atomic E-state index is 12.5. The Kier molecular flexibility index (Phi) is 7.74. The number of nitrogens with one attached hydrogen (secondary N) is 2. The van der Waals surface area contributed by atoms with Gasteiger partial charge in [0, 0.05) is 29.7 Å². The summed E-state index contributed by atoms with van der Waals surface area (Å²) in [7, 11) is 3.10. The molecule has 0 atom stereocenters. The lowest BCUT2D eigenvalue weighted by molar-refractivity contribution is -0.113. The Morgan fingerprint density at radius 3 is 2.63 bits per heavy atom. The number of rotatable bonds is 10. The van der Waals surface area contributed by atoms with Crippen LogP contribution in [-0.2, 0) is 11.3 Å². The molecule has 9 nitrogen and oxygen atoms in total. The van der Waals surface area contributed by atoms with Gasteiger partial charge in [0.05, 0.1) is 38.5 Å². The first-order valence-corrected chi connectivity index (χ1v) is 11.6. The number of methoxy groups -OCH3 is 2. The highest BCUT2D eigenvalue weighted by Gasteiger charge is 2.13. The summed E-state index contributed by atoms with van der Waals surface area (Å²) in [6.45, 7) is 0.320. The van der Waals surface area contributed by atoms with Gasteiger partial charge in [-0.15, -0.1) is 0 Å². The van der Waals surface area contributed by atoms with Crippen LogP contribution in [0.25, 0.3) is 5.69 Å². The molecule has 0 unspecified atom stereocenters. The molecule has 0 radical (unpaired) electrons. The van der Waals surface area contributed by atoms with Gasteiger partial charge in [-0.2, -0.15) is 0 Å². The van der Waals surface area contributed by atoms with E-state index in [4.69, 9.17) is 13.9 Å². The minimum Gasteiger partial charge on any atom is -0.497 e. The molecule has 2 aromatic heterocycles. The van der Waals surface area contributed by atoms with Crippen LogP contribution in [0.1, 0.15) is 16.1 Å². The Morgan fingerprint density at radius 1 is 1.09 bits per heavy atom. The van der Waals surface area contributed by atoms with E-state index >= 15 is 0 Å². The fourth-order valence-electron chi connectivity index (χ4n) is 3.27. The van der Waals surface area contributed by atoms with Crippen molar-refractivity contribution in [3.8, 4) is 17.2 Å². The molecule has 2 aromatic carbocycles. The van der Waals surface area contributed by atoms with E-state index in [2.05, 4.69) is 15.6 Å². The van der Waals surface area contributed by atoms with Crippen LogP contribution in [-0.4, -0.2) is 41.3 Å². The van der Waals surface area contributed by atoms with Crippen molar-refractivity contribution in [1.82, 2.24) is 14.9 Å². The van der Waals surface area contributed by atoms with Gasteiger partial charge in [-0.25, -0.2) is 4.98 Å². The first kappa shape index (κ1) is 24.0. The smallest absolute Gasteiger partial charge is 0.251 e. The number of nitrogens with zero attached hydrogens (tertiary/aromatic N) is 2. The predicted molar refractivity (Wildman–Crippen MR) is 132 cm³/mol. The van der Waals surface area contributed by atoms with E-state index in [1.54, 1.807) is 68.2 Å². The second-order valence-corrected chi connectivity index (χ2v) is 8.23. The molecule has 0 saturated heterocycles. The molecular weight excluding hydrogens is 468 g/mol. The molecule has 180 valence electrons. The second kappa shape index (κ2) is 11.3. The number of benzene rings is 2. The van der Waals surface area contributed by atoms with Crippen LogP contribution in [0.2, 0.25) is 0 Å². The average molecular weight is 493 g/mol. The third kappa shape index (κ3) is 6.04. The number of hydrogen-bond acceptors (Lipinski definition) is 7. The van der Waals surface area contributed by atoms with Gasteiger partial charge in [-0.3, -0.25) is 14.2 Å². The van der Waals surface area contributed by atoms with Gasteiger partial charge in [0.1, 0.15) is 17.3 Å². The van der Waals surface area contributed by atoms with Gasteiger partial charge < -0.3 is 24.5 Å². The molecule has 0 bridgehead atoms. The van der Waals surface area contributed by atoms with Gasteiger partial charge in [0.15, 0.2) is 5.16 Å². The van der Waals surface area contributed by atoms with Crippen molar-refractivity contribution >= 4 is 29.3 Å². The largest absolute Gasteiger partial charge is 0.497 e. The lowest BCUT2D eigenvalue weighted by Gasteiger charge is -2.12. The van der Waals surface area contributed by atoms with Crippen molar-refractivity contribution in [2.45, 2.75) is 11.7 Å². The lowest BCUT2D eigenvalue weighted by atomic mass is 10.2. The quantitative estimate of drug-likeness (QED) is 0.320.